The number of amides is 1. The van der Waals surface area contributed by atoms with Gasteiger partial charge < -0.3 is 4.90 Å². The third-order valence-electron chi connectivity index (χ3n) is 4.66. The average Bonchev–Trinajstić information content (AvgIpc) is 3.05. The molecule has 2 heterocycles. The number of nitrogens with zero attached hydrogens (tertiary/aromatic N) is 4. The normalized spacial score (nSPS) is 15.0. The first kappa shape index (κ1) is 17.2. The van der Waals surface area contributed by atoms with Crippen LogP contribution >= 0.6 is 0 Å². The number of nitriles is 1. The lowest BCUT2D eigenvalue weighted by atomic mass is 9.88. The van der Waals surface area contributed by atoms with Crippen molar-refractivity contribution in [3.05, 3.63) is 47.8 Å². The van der Waals surface area contributed by atoms with E-state index in [0.717, 1.165) is 37.3 Å². The second-order valence-electron chi connectivity index (χ2n) is 7.28. The summed E-state index contributed by atoms with van der Waals surface area (Å²) < 4.78 is 1.80. The van der Waals surface area contributed by atoms with Gasteiger partial charge in [0.05, 0.1) is 34.6 Å². The molecule has 5 heteroatoms. The van der Waals surface area contributed by atoms with Gasteiger partial charge in [0.2, 0.25) is 0 Å². The zero-order valence-electron chi connectivity index (χ0n) is 14.9. The fourth-order valence-corrected chi connectivity index (χ4v) is 3.24. The third-order valence-corrected chi connectivity index (χ3v) is 4.66. The van der Waals surface area contributed by atoms with E-state index >= 15 is 0 Å². The molecule has 0 atom stereocenters. The summed E-state index contributed by atoms with van der Waals surface area (Å²) in [6, 6.07) is 12.1. The van der Waals surface area contributed by atoms with Crippen LogP contribution in [0.5, 0.6) is 0 Å². The van der Waals surface area contributed by atoms with Gasteiger partial charge in [0.15, 0.2) is 0 Å². The predicted molar refractivity (Wildman–Crippen MR) is 96.4 cm³/mol. The van der Waals surface area contributed by atoms with Gasteiger partial charge in [-0.15, -0.1) is 0 Å². The smallest absolute Gasteiger partial charge is 0.257 e. The van der Waals surface area contributed by atoms with Crippen LogP contribution in [-0.4, -0.2) is 33.7 Å². The minimum atomic E-state index is -0.566. The van der Waals surface area contributed by atoms with E-state index in [2.05, 4.69) is 11.2 Å². The summed E-state index contributed by atoms with van der Waals surface area (Å²) in [4.78, 5) is 14.9. The van der Waals surface area contributed by atoms with Crippen LogP contribution in [0.1, 0.15) is 49.2 Å². The number of rotatable bonds is 4. The van der Waals surface area contributed by atoms with Gasteiger partial charge in [0.1, 0.15) is 0 Å². The Hall–Kier alpha value is -2.61. The van der Waals surface area contributed by atoms with E-state index in [0.29, 0.717) is 12.0 Å². The summed E-state index contributed by atoms with van der Waals surface area (Å²) in [5.41, 5.74) is 1.77. The molecule has 0 bridgehead atoms. The summed E-state index contributed by atoms with van der Waals surface area (Å²) in [5, 5.41) is 13.9. The van der Waals surface area contributed by atoms with E-state index in [1.165, 1.54) is 6.42 Å². The van der Waals surface area contributed by atoms with E-state index < -0.39 is 5.41 Å². The van der Waals surface area contributed by atoms with Crippen molar-refractivity contribution >= 4 is 5.91 Å². The third kappa shape index (κ3) is 3.74. The number of carbonyl (C=O) groups excluding carboxylic acids is 1. The van der Waals surface area contributed by atoms with Crippen LogP contribution in [0.4, 0.5) is 0 Å². The predicted octanol–water partition coefficient (Wildman–Crippen LogP) is 3.59. The molecule has 1 saturated heterocycles. The van der Waals surface area contributed by atoms with Crippen molar-refractivity contribution in [1.29, 1.82) is 5.26 Å². The summed E-state index contributed by atoms with van der Waals surface area (Å²) in [6.07, 6.45) is 5.43. The maximum absolute atomic E-state index is 13.0. The number of piperidine rings is 1. The van der Waals surface area contributed by atoms with Crippen molar-refractivity contribution in [3.8, 4) is 11.8 Å². The zero-order chi connectivity index (χ0) is 17.9. The Kier molecular flexibility index (Phi) is 4.89. The summed E-state index contributed by atoms with van der Waals surface area (Å²) in [7, 11) is 0. The van der Waals surface area contributed by atoms with Gasteiger partial charge in [-0.05, 0) is 45.2 Å². The van der Waals surface area contributed by atoms with E-state index in [4.69, 9.17) is 0 Å². The molecule has 1 aromatic heterocycles. The van der Waals surface area contributed by atoms with Crippen LogP contribution in [0, 0.1) is 16.7 Å². The van der Waals surface area contributed by atoms with Crippen molar-refractivity contribution in [2.24, 2.45) is 5.41 Å². The van der Waals surface area contributed by atoms with E-state index in [9.17, 15) is 10.1 Å². The molecule has 2 aromatic rings. The number of hydrogen-bond donors (Lipinski definition) is 0. The number of benzene rings is 1. The highest BCUT2D eigenvalue weighted by molar-refractivity contribution is 5.95. The van der Waals surface area contributed by atoms with Gasteiger partial charge >= 0.3 is 0 Å². The molecule has 1 aliphatic rings. The Morgan fingerprint density at radius 2 is 1.88 bits per heavy atom. The van der Waals surface area contributed by atoms with Gasteiger partial charge in [-0.25, -0.2) is 4.68 Å². The molecule has 5 nitrogen and oxygen atoms in total. The quantitative estimate of drug-likeness (QED) is 0.857. The van der Waals surface area contributed by atoms with Crippen LogP contribution in [-0.2, 0) is 6.42 Å². The Labute approximate surface area is 148 Å². The van der Waals surface area contributed by atoms with Gasteiger partial charge in [0, 0.05) is 19.5 Å². The second-order valence-corrected chi connectivity index (χ2v) is 7.28. The van der Waals surface area contributed by atoms with Gasteiger partial charge in [-0.2, -0.15) is 10.4 Å². The molecule has 1 amide bonds. The fraction of sp³-hybridized carbons (Fsp3) is 0.450. The van der Waals surface area contributed by atoms with Gasteiger partial charge in [0.25, 0.3) is 5.91 Å². The number of likely N-dealkylation sites (tertiary alicyclic amines) is 1. The molecule has 1 aromatic carbocycles. The molecule has 0 N–H and O–H groups in total. The molecule has 1 aliphatic heterocycles. The van der Waals surface area contributed by atoms with Gasteiger partial charge in [-0.3, -0.25) is 4.79 Å². The second kappa shape index (κ2) is 7.10. The van der Waals surface area contributed by atoms with Crippen LogP contribution in [0.15, 0.2) is 36.5 Å². The van der Waals surface area contributed by atoms with Crippen LogP contribution in [0.25, 0.3) is 5.69 Å². The van der Waals surface area contributed by atoms with Crippen LogP contribution < -0.4 is 0 Å². The number of carbonyl (C=O) groups is 1. The van der Waals surface area contributed by atoms with Crippen molar-refractivity contribution in [2.75, 3.05) is 13.1 Å². The van der Waals surface area contributed by atoms with Crippen molar-refractivity contribution in [2.45, 2.75) is 39.5 Å². The first-order valence-electron chi connectivity index (χ1n) is 8.85. The summed E-state index contributed by atoms with van der Waals surface area (Å²) in [6.45, 7) is 5.39. The Bertz CT molecular complexity index is 780. The van der Waals surface area contributed by atoms with E-state index in [1.54, 1.807) is 10.9 Å². The Morgan fingerprint density at radius 1 is 1.20 bits per heavy atom. The molecular formula is C20H24N4O. The highest BCUT2D eigenvalue weighted by atomic mass is 16.2. The van der Waals surface area contributed by atoms with Crippen LogP contribution in [0.3, 0.4) is 0 Å². The standard InChI is InChI=1S/C20H24N4O/c1-20(2,15-21)13-18-17(19(25)23-11-7-4-8-12-23)14-22-24(18)16-9-5-3-6-10-16/h3,5-6,9-10,14H,4,7-8,11-13H2,1-2H3. The largest absolute Gasteiger partial charge is 0.339 e. The Balaban J connectivity index is 2.02. The number of para-hydroxylation sites is 1. The van der Waals surface area contributed by atoms with Crippen molar-refractivity contribution < 1.29 is 4.79 Å². The number of aromatic nitrogens is 2. The first-order chi connectivity index (χ1) is 12.0. The lowest BCUT2D eigenvalue weighted by Gasteiger charge is -2.27. The molecule has 0 aliphatic carbocycles. The lowest BCUT2D eigenvalue weighted by Crippen LogP contribution is -2.36. The molecule has 25 heavy (non-hydrogen) atoms. The topological polar surface area (TPSA) is 61.9 Å². The molecule has 0 radical (unpaired) electrons. The average molecular weight is 336 g/mol. The van der Waals surface area contributed by atoms with Gasteiger partial charge in [-0.1, -0.05) is 18.2 Å². The monoisotopic (exact) mass is 336 g/mol. The summed E-state index contributed by atoms with van der Waals surface area (Å²) in [5.74, 6) is 0.0330. The maximum Gasteiger partial charge on any atom is 0.257 e. The highest BCUT2D eigenvalue weighted by Crippen LogP contribution is 2.26. The molecule has 1 fully saturated rings. The minimum Gasteiger partial charge on any atom is -0.339 e. The summed E-state index contributed by atoms with van der Waals surface area (Å²) >= 11 is 0. The highest BCUT2D eigenvalue weighted by Gasteiger charge is 2.28. The molecular weight excluding hydrogens is 312 g/mol. The molecule has 0 spiro atoms. The molecule has 0 saturated carbocycles. The maximum atomic E-state index is 13.0. The SMILES string of the molecule is CC(C)(C#N)Cc1c(C(=O)N2CCCCC2)cnn1-c1ccccc1. The first-order valence-corrected chi connectivity index (χ1v) is 8.85. The molecule has 130 valence electrons. The molecule has 0 unspecified atom stereocenters. The minimum absolute atomic E-state index is 0.0330. The van der Waals surface area contributed by atoms with E-state index in [-0.39, 0.29) is 5.91 Å². The van der Waals surface area contributed by atoms with Crippen LogP contribution in [0.2, 0.25) is 0 Å². The molecule has 3 rings (SSSR count). The lowest BCUT2D eigenvalue weighted by molar-refractivity contribution is 0.0723. The van der Waals surface area contributed by atoms with Crippen molar-refractivity contribution in [1.82, 2.24) is 14.7 Å². The van der Waals surface area contributed by atoms with Crippen molar-refractivity contribution in [3.63, 3.8) is 0 Å². The Morgan fingerprint density at radius 3 is 2.52 bits per heavy atom. The zero-order valence-corrected chi connectivity index (χ0v) is 14.9. The number of hydrogen-bond acceptors (Lipinski definition) is 3. The fourth-order valence-electron chi connectivity index (χ4n) is 3.24. The van der Waals surface area contributed by atoms with E-state index in [1.807, 2.05) is 49.1 Å².